The van der Waals surface area contributed by atoms with E-state index in [0.717, 1.165) is 0 Å². The van der Waals surface area contributed by atoms with Crippen LogP contribution < -0.4 is 10.0 Å². The van der Waals surface area contributed by atoms with Crippen LogP contribution in [0.2, 0.25) is 5.02 Å². The predicted molar refractivity (Wildman–Crippen MR) is 111 cm³/mol. The summed E-state index contributed by atoms with van der Waals surface area (Å²) >= 11 is 5.84. The molecule has 0 bridgehead atoms. The largest absolute Gasteiger partial charge is 0.337 e. The zero-order valence-corrected chi connectivity index (χ0v) is 16.4. The lowest BCUT2D eigenvalue weighted by Gasteiger charge is -2.14. The molecule has 1 aromatic heterocycles. The van der Waals surface area contributed by atoms with Crippen LogP contribution in [0.5, 0.6) is 0 Å². The van der Waals surface area contributed by atoms with Crippen molar-refractivity contribution in [3.8, 4) is 0 Å². The maximum Gasteiger partial charge on any atom is 0.263 e. The van der Waals surface area contributed by atoms with Crippen LogP contribution in [0.3, 0.4) is 0 Å². The number of halogens is 2. The predicted octanol–water partition coefficient (Wildman–Crippen LogP) is 4.97. The first-order valence-corrected chi connectivity index (χ1v) is 10.4. The maximum absolute atomic E-state index is 13.5. The van der Waals surface area contributed by atoms with Crippen LogP contribution in [0.15, 0.2) is 77.7 Å². The average Bonchev–Trinajstić information content (AvgIpc) is 2.71. The van der Waals surface area contributed by atoms with Crippen LogP contribution >= 0.6 is 11.6 Å². The number of benzene rings is 3. The van der Waals surface area contributed by atoms with E-state index in [1.165, 1.54) is 30.3 Å². The molecule has 9 heteroatoms. The third-order valence-electron chi connectivity index (χ3n) is 4.04. The highest BCUT2D eigenvalue weighted by molar-refractivity contribution is 7.92. The quantitative estimate of drug-likeness (QED) is 0.469. The van der Waals surface area contributed by atoms with E-state index in [-0.39, 0.29) is 21.6 Å². The van der Waals surface area contributed by atoms with Gasteiger partial charge in [-0.2, -0.15) is 0 Å². The standard InChI is InChI=1S/C20H14ClFN4O2S/c21-15-12-13(10-11-16(15)22)23-19-20(25-18-9-5-4-8-17(18)24-19)26-29(27,28)14-6-2-1-3-7-14/h1-12H,(H,23,24)(H,25,26). The van der Waals surface area contributed by atoms with E-state index in [0.29, 0.717) is 16.7 Å². The molecular formula is C20H14ClFN4O2S. The van der Waals surface area contributed by atoms with E-state index in [2.05, 4.69) is 20.0 Å². The van der Waals surface area contributed by atoms with Crippen LogP contribution in [0, 0.1) is 5.82 Å². The van der Waals surface area contributed by atoms with Crippen LogP contribution in [0.25, 0.3) is 11.0 Å². The lowest BCUT2D eigenvalue weighted by atomic mass is 10.3. The van der Waals surface area contributed by atoms with Crippen molar-refractivity contribution in [1.82, 2.24) is 9.97 Å². The monoisotopic (exact) mass is 428 g/mol. The molecule has 0 saturated heterocycles. The maximum atomic E-state index is 13.5. The topological polar surface area (TPSA) is 84.0 Å². The first-order chi connectivity index (χ1) is 13.9. The fraction of sp³-hybridized carbons (Fsp3) is 0. The van der Waals surface area contributed by atoms with E-state index < -0.39 is 15.8 Å². The molecule has 6 nitrogen and oxygen atoms in total. The number of hydrogen-bond donors (Lipinski definition) is 2. The molecule has 0 aliphatic rings. The van der Waals surface area contributed by atoms with Gasteiger partial charge in [-0.25, -0.2) is 22.8 Å². The summed E-state index contributed by atoms with van der Waals surface area (Å²) in [5.41, 5.74) is 1.51. The van der Waals surface area contributed by atoms with Gasteiger partial charge in [-0.1, -0.05) is 41.9 Å². The summed E-state index contributed by atoms with van der Waals surface area (Å²) in [6.07, 6.45) is 0. The third kappa shape index (κ3) is 4.13. The van der Waals surface area contributed by atoms with E-state index in [9.17, 15) is 12.8 Å². The van der Waals surface area contributed by atoms with Crippen molar-refractivity contribution in [1.29, 1.82) is 0 Å². The van der Waals surface area contributed by atoms with Gasteiger partial charge in [-0.05, 0) is 42.5 Å². The molecule has 0 radical (unpaired) electrons. The molecule has 0 atom stereocenters. The fourth-order valence-electron chi connectivity index (χ4n) is 2.65. The van der Waals surface area contributed by atoms with Crippen molar-refractivity contribution in [3.63, 3.8) is 0 Å². The van der Waals surface area contributed by atoms with Crippen molar-refractivity contribution in [2.75, 3.05) is 10.0 Å². The summed E-state index contributed by atoms with van der Waals surface area (Å²) in [7, 11) is -3.89. The lowest BCUT2D eigenvalue weighted by molar-refractivity contribution is 0.601. The third-order valence-corrected chi connectivity index (χ3v) is 5.68. The number of nitrogens with one attached hydrogen (secondary N) is 2. The zero-order valence-electron chi connectivity index (χ0n) is 14.8. The van der Waals surface area contributed by atoms with Crippen molar-refractivity contribution < 1.29 is 12.8 Å². The van der Waals surface area contributed by atoms with Crippen LogP contribution in [-0.2, 0) is 10.0 Å². The summed E-state index contributed by atoms with van der Waals surface area (Å²) in [4.78, 5) is 8.95. The van der Waals surface area contributed by atoms with Gasteiger partial charge in [0.25, 0.3) is 10.0 Å². The second-order valence-electron chi connectivity index (χ2n) is 6.08. The van der Waals surface area contributed by atoms with Gasteiger partial charge in [0.05, 0.1) is 21.0 Å². The minimum atomic E-state index is -3.89. The van der Waals surface area contributed by atoms with Crippen LogP contribution in [-0.4, -0.2) is 18.4 Å². The van der Waals surface area contributed by atoms with Crippen molar-refractivity contribution in [2.24, 2.45) is 0 Å². The fourth-order valence-corrected chi connectivity index (χ4v) is 3.87. The number of fused-ring (bicyclic) bond motifs is 1. The molecule has 2 N–H and O–H groups in total. The highest BCUT2D eigenvalue weighted by Gasteiger charge is 2.19. The Kier molecular flexibility index (Phi) is 5.04. The summed E-state index contributed by atoms with van der Waals surface area (Å²) in [5.74, 6) is -0.398. The summed E-state index contributed by atoms with van der Waals surface area (Å²) < 4.78 is 41.5. The van der Waals surface area contributed by atoms with Gasteiger partial charge in [0, 0.05) is 5.69 Å². The average molecular weight is 429 g/mol. The molecule has 146 valence electrons. The lowest BCUT2D eigenvalue weighted by Crippen LogP contribution is -2.16. The Bertz CT molecular complexity index is 1300. The number of sulfonamides is 1. The second kappa shape index (κ2) is 7.65. The Morgan fingerprint density at radius 2 is 1.45 bits per heavy atom. The Balaban J connectivity index is 1.79. The molecule has 0 aliphatic carbocycles. The molecule has 0 saturated carbocycles. The molecule has 0 spiro atoms. The number of nitrogens with zero attached hydrogens (tertiary/aromatic N) is 2. The highest BCUT2D eigenvalue weighted by Crippen LogP contribution is 2.28. The first kappa shape index (κ1) is 19.1. The van der Waals surface area contributed by atoms with Gasteiger partial charge in [0.15, 0.2) is 11.6 Å². The molecule has 29 heavy (non-hydrogen) atoms. The number of aromatic nitrogens is 2. The Morgan fingerprint density at radius 3 is 2.10 bits per heavy atom. The molecule has 4 rings (SSSR count). The Morgan fingerprint density at radius 1 is 0.828 bits per heavy atom. The van der Waals surface area contributed by atoms with Gasteiger partial charge < -0.3 is 5.32 Å². The van der Waals surface area contributed by atoms with Crippen LogP contribution in [0.4, 0.5) is 21.7 Å². The van der Waals surface area contributed by atoms with Gasteiger partial charge in [-0.3, -0.25) is 4.72 Å². The SMILES string of the molecule is O=S(=O)(Nc1nc2ccccc2nc1Nc1ccc(F)c(Cl)c1)c1ccccc1. The van der Waals surface area contributed by atoms with E-state index in [1.54, 1.807) is 42.5 Å². The van der Waals surface area contributed by atoms with E-state index in [1.807, 2.05) is 0 Å². The smallest absolute Gasteiger partial charge is 0.263 e. The minimum Gasteiger partial charge on any atom is -0.337 e. The second-order valence-corrected chi connectivity index (χ2v) is 8.17. The van der Waals surface area contributed by atoms with E-state index >= 15 is 0 Å². The molecule has 0 aliphatic heterocycles. The van der Waals surface area contributed by atoms with Crippen LogP contribution in [0.1, 0.15) is 0 Å². The molecule has 0 fully saturated rings. The molecular weight excluding hydrogens is 415 g/mol. The molecule has 4 aromatic rings. The summed E-state index contributed by atoms with van der Waals surface area (Å²) in [5, 5.41) is 2.88. The highest BCUT2D eigenvalue weighted by atomic mass is 35.5. The zero-order chi connectivity index (χ0) is 20.4. The molecule has 1 heterocycles. The number of rotatable bonds is 5. The van der Waals surface area contributed by atoms with E-state index in [4.69, 9.17) is 11.6 Å². The van der Waals surface area contributed by atoms with Gasteiger partial charge >= 0.3 is 0 Å². The number of para-hydroxylation sites is 2. The van der Waals surface area contributed by atoms with Crippen molar-refractivity contribution in [3.05, 3.63) is 83.6 Å². The summed E-state index contributed by atoms with van der Waals surface area (Å²) in [6.45, 7) is 0. The molecule has 0 unspecified atom stereocenters. The number of anilines is 3. The van der Waals surface area contributed by atoms with Gasteiger partial charge in [-0.15, -0.1) is 0 Å². The Labute approximate surface area is 171 Å². The number of hydrogen-bond acceptors (Lipinski definition) is 5. The molecule has 0 amide bonds. The molecule has 3 aromatic carbocycles. The minimum absolute atomic E-state index is 0.00741. The summed E-state index contributed by atoms with van der Waals surface area (Å²) in [6, 6.07) is 19.0. The first-order valence-electron chi connectivity index (χ1n) is 8.49. The van der Waals surface area contributed by atoms with Crippen molar-refractivity contribution in [2.45, 2.75) is 4.90 Å². The van der Waals surface area contributed by atoms with Crippen molar-refractivity contribution >= 4 is 50.0 Å². The van der Waals surface area contributed by atoms with Gasteiger partial charge in [0.2, 0.25) is 0 Å². The van der Waals surface area contributed by atoms with Gasteiger partial charge in [0.1, 0.15) is 5.82 Å². The normalized spacial score (nSPS) is 11.4. The Hall–Kier alpha value is -3.23.